The fourth-order valence-corrected chi connectivity index (χ4v) is 4.42. The number of imidazole rings is 1. The van der Waals surface area contributed by atoms with Crippen LogP contribution in [0.1, 0.15) is 23.9 Å². The van der Waals surface area contributed by atoms with Crippen molar-refractivity contribution in [2.45, 2.75) is 26.8 Å². The first-order valence-electron chi connectivity index (χ1n) is 9.45. The molecule has 0 radical (unpaired) electrons. The summed E-state index contributed by atoms with van der Waals surface area (Å²) in [4.78, 5) is 6.66. The second kappa shape index (κ2) is 8.82. The first kappa shape index (κ1) is 19.8. The Morgan fingerprint density at radius 2 is 1.78 bits per heavy atom. The van der Waals surface area contributed by atoms with Crippen LogP contribution >= 0.6 is 0 Å². The number of benzene rings is 1. The molecule has 0 amide bonds. The number of sulfonamides is 1. The molecule has 6 nitrogen and oxygen atoms in total. The molecule has 27 heavy (non-hydrogen) atoms. The van der Waals surface area contributed by atoms with Gasteiger partial charge in [-0.15, -0.1) is 0 Å². The largest absolute Gasteiger partial charge is 0.334 e. The van der Waals surface area contributed by atoms with Gasteiger partial charge in [0.2, 0.25) is 10.0 Å². The number of aromatic nitrogens is 2. The van der Waals surface area contributed by atoms with E-state index >= 15 is 0 Å². The Balaban J connectivity index is 1.51. The maximum atomic E-state index is 12.6. The molecule has 0 saturated carbocycles. The lowest BCUT2D eigenvalue weighted by Crippen LogP contribution is -2.48. The normalized spacial score (nSPS) is 17.0. The summed E-state index contributed by atoms with van der Waals surface area (Å²) < 4.78 is 28.9. The lowest BCUT2D eigenvalue weighted by Gasteiger charge is -2.33. The van der Waals surface area contributed by atoms with E-state index in [-0.39, 0.29) is 0 Å². The quantitative estimate of drug-likeness (QED) is 0.731. The van der Waals surface area contributed by atoms with Crippen LogP contribution in [-0.4, -0.2) is 59.9 Å². The van der Waals surface area contributed by atoms with Crippen LogP contribution < -0.4 is 0 Å². The van der Waals surface area contributed by atoms with Gasteiger partial charge in [0.05, 0.1) is 0 Å². The summed E-state index contributed by atoms with van der Waals surface area (Å²) in [6.45, 7) is 8.50. The first-order valence-corrected chi connectivity index (χ1v) is 11.0. The van der Waals surface area contributed by atoms with Gasteiger partial charge in [0.25, 0.3) is 0 Å². The molecule has 0 bridgehead atoms. The standard InChI is InChI=1S/C20H28N4O2S/c1-3-20-21-9-10-23(20)14-11-22-12-15-24(16-13-22)27(25,26)17-8-19-6-4-18(2)5-7-19/h4-10,17H,3,11-16H2,1-2H3/b17-8+. The molecule has 3 rings (SSSR count). The molecule has 2 heterocycles. The third-order valence-corrected chi connectivity index (χ3v) is 6.54. The van der Waals surface area contributed by atoms with Crippen LogP contribution in [0.15, 0.2) is 42.1 Å². The van der Waals surface area contributed by atoms with Gasteiger partial charge in [-0.3, -0.25) is 4.90 Å². The second-order valence-corrected chi connectivity index (χ2v) is 8.71. The smallest absolute Gasteiger partial charge is 0.236 e. The highest BCUT2D eigenvalue weighted by molar-refractivity contribution is 7.92. The van der Waals surface area contributed by atoms with E-state index in [0.29, 0.717) is 13.1 Å². The number of piperazine rings is 1. The van der Waals surface area contributed by atoms with Gasteiger partial charge in [0, 0.05) is 63.5 Å². The highest BCUT2D eigenvalue weighted by atomic mass is 32.2. The van der Waals surface area contributed by atoms with Crippen molar-refractivity contribution in [2.75, 3.05) is 32.7 Å². The second-order valence-electron chi connectivity index (χ2n) is 6.89. The van der Waals surface area contributed by atoms with Gasteiger partial charge in [0.1, 0.15) is 5.82 Å². The maximum Gasteiger partial charge on any atom is 0.236 e. The van der Waals surface area contributed by atoms with Gasteiger partial charge in [-0.1, -0.05) is 36.8 Å². The molecule has 0 atom stereocenters. The Bertz CT molecular complexity index is 864. The van der Waals surface area contributed by atoms with Crippen molar-refractivity contribution in [3.63, 3.8) is 0 Å². The maximum absolute atomic E-state index is 12.6. The summed E-state index contributed by atoms with van der Waals surface area (Å²) in [5.74, 6) is 1.09. The van der Waals surface area contributed by atoms with Gasteiger partial charge < -0.3 is 4.57 Å². The molecular weight excluding hydrogens is 360 g/mol. The van der Waals surface area contributed by atoms with Crippen molar-refractivity contribution in [3.05, 3.63) is 59.0 Å². The number of hydrogen-bond acceptors (Lipinski definition) is 4. The van der Waals surface area contributed by atoms with Crippen LogP contribution in [0.4, 0.5) is 0 Å². The average Bonchev–Trinajstić information content (AvgIpc) is 3.14. The van der Waals surface area contributed by atoms with Crippen LogP contribution in [0, 0.1) is 6.92 Å². The minimum absolute atomic E-state index is 0.533. The minimum Gasteiger partial charge on any atom is -0.334 e. The molecule has 1 fully saturated rings. The van der Waals surface area contributed by atoms with Crippen molar-refractivity contribution < 1.29 is 8.42 Å². The molecule has 0 spiro atoms. The molecule has 1 aromatic carbocycles. The Morgan fingerprint density at radius 1 is 1.07 bits per heavy atom. The Morgan fingerprint density at radius 3 is 2.44 bits per heavy atom. The topological polar surface area (TPSA) is 58.4 Å². The molecule has 1 saturated heterocycles. The third kappa shape index (κ3) is 5.28. The molecule has 146 valence electrons. The predicted octanol–water partition coefficient (Wildman–Crippen LogP) is 2.37. The zero-order valence-corrected chi connectivity index (χ0v) is 16.9. The van der Waals surface area contributed by atoms with Crippen LogP contribution in [0.5, 0.6) is 0 Å². The molecule has 1 aromatic heterocycles. The molecular formula is C20H28N4O2S. The SMILES string of the molecule is CCc1nccn1CCN1CCN(S(=O)(=O)/C=C/c2ccc(C)cc2)CC1. The lowest BCUT2D eigenvalue weighted by molar-refractivity contribution is 0.183. The lowest BCUT2D eigenvalue weighted by atomic mass is 10.2. The zero-order chi connectivity index (χ0) is 19.3. The number of nitrogens with zero attached hydrogens (tertiary/aromatic N) is 4. The number of rotatable bonds is 7. The summed E-state index contributed by atoms with van der Waals surface area (Å²) in [6.07, 6.45) is 6.44. The summed E-state index contributed by atoms with van der Waals surface area (Å²) in [7, 11) is -3.37. The van der Waals surface area contributed by atoms with E-state index in [1.807, 2.05) is 43.6 Å². The first-order chi connectivity index (χ1) is 13.0. The van der Waals surface area contributed by atoms with Gasteiger partial charge in [0.15, 0.2) is 0 Å². The van der Waals surface area contributed by atoms with E-state index in [1.54, 1.807) is 10.4 Å². The van der Waals surface area contributed by atoms with E-state index in [9.17, 15) is 8.42 Å². The van der Waals surface area contributed by atoms with Gasteiger partial charge in [-0.2, -0.15) is 4.31 Å². The predicted molar refractivity (Wildman–Crippen MR) is 109 cm³/mol. The number of aryl methyl sites for hydroxylation is 2. The van der Waals surface area contributed by atoms with Crippen LogP contribution in [-0.2, 0) is 23.0 Å². The van der Waals surface area contributed by atoms with Crippen molar-refractivity contribution >= 4 is 16.1 Å². The van der Waals surface area contributed by atoms with Crippen LogP contribution in [0.25, 0.3) is 6.08 Å². The van der Waals surface area contributed by atoms with E-state index in [0.717, 1.165) is 49.6 Å². The van der Waals surface area contributed by atoms with Crippen molar-refractivity contribution in [3.8, 4) is 0 Å². The fraction of sp³-hybridized carbons (Fsp3) is 0.450. The van der Waals surface area contributed by atoms with E-state index < -0.39 is 10.0 Å². The van der Waals surface area contributed by atoms with Crippen molar-refractivity contribution in [2.24, 2.45) is 0 Å². The van der Waals surface area contributed by atoms with E-state index in [4.69, 9.17) is 0 Å². The summed E-state index contributed by atoms with van der Waals surface area (Å²) in [5.41, 5.74) is 2.06. The summed E-state index contributed by atoms with van der Waals surface area (Å²) >= 11 is 0. The molecule has 0 N–H and O–H groups in total. The fourth-order valence-electron chi connectivity index (χ4n) is 3.24. The highest BCUT2D eigenvalue weighted by Crippen LogP contribution is 2.12. The molecule has 1 aliphatic heterocycles. The minimum atomic E-state index is -3.37. The zero-order valence-electron chi connectivity index (χ0n) is 16.1. The Hall–Kier alpha value is -1.96. The molecule has 2 aromatic rings. The molecule has 1 aliphatic rings. The monoisotopic (exact) mass is 388 g/mol. The molecule has 0 unspecified atom stereocenters. The van der Waals surface area contributed by atoms with Gasteiger partial charge >= 0.3 is 0 Å². The van der Waals surface area contributed by atoms with Crippen LogP contribution in [0.2, 0.25) is 0 Å². The average molecular weight is 389 g/mol. The Kier molecular flexibility index (Phi) is 6.46. The highest BCUT2D eigenvalue weighted by Gasteiger charge is 2.24. The number of hydrogen-bond donors (Lipinski definition) is 0. The molecule has 0 aliphatic carbocycles. The van der Waals surface area contributed by atoms with Crippen LogP contribution in [0.3, 0.4) is 0 Å². The van der Waals surface area contributed by atoms with E-state index in [1.165, 1.54) is 5.41 Å². The van der Waals surface area contributed by atoms with Gasteiger partial charge in [-0.05, 0) is 18.6 Å². The Labute approximate surface area is 162 Å². The van der Waals surface area contributed by atoms with Crippen molar-refractivity contribution in [1.29, 1.82) is 0 Å². The summed E-state index contributed by atoms with van der Waals surface area (Å²) in [5, 5.41) is 1.33. The van der Waals surface area contributed by atoms with E-state index in [2.05, 4.69) is 21.4 Å². The molecule has 7 heteroatoms. The van der Waals surface area contributed by atoms with Crippen molar-refractivity contribution in [1.82, 2.24) is 18.8 Å². The summed E-state index contributed by atoms with van der Waals surface area (Å²) in [6, 6.07) is 7.82. The third-order valence-electron chi connectivity index (χ3n) is 4.98. The van der Waals surface area contributed by atoms with Gasteiger partial charge in [-0.25, -0.2) is 13.4 Å².